The van der Waals surface area contributed by atoms with Gasteiger partial charge in [-0.1, -0.05) is 48.5 Å². The van der Waals surface area contributed by atoms with Gasteiger partial charge in [-0.15, -0.1) is 23.1 Å². The lowest BCUT2D eigenvalue weighted by atomic mass is 10.1. The number of methoxy groups -OCH3 is 1. The smallest absolute Gasteiger partial charge is 0.341 e. The van der Waals surface area contributed by atoms with Gasteiger partial charge in [0.1, 0.15) is 10.3 Å². The third kappa shape index (κ3) is 4.23. The maximum atomic E-state index is 13.3. The standard InChI is InChI=1S/C23H21NO3S2/c1-27-23(26)19-17-13-8-14-18(17)29-22(19)24-21(25)20(15-9-4-2-5-10-15)28-16-11-6-3-7-12-16/h2-7,9-12,20H,8,13-14H2,1H3,(H,24,25)/t20-/m1/s1. The van der Waals surface area contributed by atoms with E-state index in [1.807, 2.05) is 60.7 Å². The summed E-state index contributed by atoms with van der Waals surface area (Å²) in [6.45, 7) is 0. The van der Waals surface area contributed by atoms with Crippen LogP contribution in [0.4, 0.5) is 5.00 Å². The number of carbonyl (C=O) groups is 2. The summed E-state index contributed by atoms with van der Waals surface area (Å²) in [5, 5.41) is 3.20. The van der Waals surface area contributed by atoms with E-state index in [9.17, 15) is 9.59 Å². The number of aryl methyl sites for hydroxylation is 1. The second kappa shape index (κ2) is 8.84. The van der Waals surface area contributed by atoms with Gasteiger partial charge in [0.15, 0.2) is 0 Å². The summed E-state index contributed by atoms with van der Waals surface area (Å²) in [6, 6.07) is 19.6. The van der Waals surface area contributed by atoms with Crippen LogP contribution in [0.25, 0.3) is 0 Å². The average molecular weight is 424 g/mol. The number of carbonyl (C=O) groups excluding carboxylic acids is 2. The number of benzene rings is 2. The van der Waals surface area contributed by atoms with E-state index in [1.165, 1.54) is 35.1 Å². The van der Waals surface area contributed by atoms with E-state index in [1.54, 1.807) is 0 Å². The minimum absolute atomic E-state index is 0.143. The van der Waals surface area contributed by atoms with Crippen LogP contribution in [-0.2, 0) is 22.4 Å². The Bertz CT molecular complexity index is 1020. The number of ether oxygens (including phenoxy) is 1. The predicted molar refractivity (Wildman–Crippen MR) is 118 cm³/mol. The van der Waals surface area contributed by atoms with Gasteiger partial charge in [0.05, 0.1) is 12.7 Å². The van der Waals surface area contributed by atoms with Gasteiger partial charge < -0.3 is 10.1 Å². The Morgan fingerprint density at radius 3 is 2.41 bits per heavy atom. The Kier molecular flexibility index (Phi) is 6.02. The summed E-state index contributed by atoms with van der Waals surface area (Å²) >= 11 is 2.99. The summed E-state index contributed by atoms with van der Waals surface area (Å²) in [5.41, 5.74) is 2.47. The van der Waals surface area contributed by atoms with Crippen molar-refractivity contribution in [2.75, 3.05) is 12.4 Å². The highest BCUT2D eigenvalue weighted by atomic mass is 32.2. The van der Waals surface area contributed by atoms with Crippen molar-refractivity contribution in [2.24, 2.45) is 0 Å². The number of thiophene rings is 1. The molecule has 1 heterocycles. The second-order valence-corrected chi connectivity index (χ2v) is 9.05. The fraction of sp³-hybridized carbons (Fsp3) is 0.217. The van der Waals surface area contributed by atoms with Crippen molar-refractivity contribution in [3.8, 4) is 0 Å². The highest BCUT2D eigenvalue weighted by Crippen LogP contribution is 2.41. The molecule has 148 valence electrons. The third-order valence-corrected chi connectivity index (χ3v) is 7.36. The molecule has 0 spiro atoms. The fourth-order valence-electron chi connectivity index (χ4n) is 3.52. The van der Waals surface area contributed by atoms with Crippen LogP contribution in [0.2, 0.25) is 0 Å². The molecule has 1 aliphatic carbocycles. The Labute approximate surface area is 178 Å². The van der Waals surface area contributed by atoms with Crippen molar-refractivity contribution in [1.29, 1.82) is 0 Å². The molecule has 0 fully saturated rings. The van der Waals surface area contributed by atoms with Crippen LogP contribution in [0.15, 0.2) is 65.6 Å². The summed E-state index contributed by atoms with van der Waals surface area (Å²) in [7, 11) is 1.38. The molecular formula is C23H21NO3S2. The van der Waals surface area contributed by atoms with Crippen molar-refractivity contribution in [1.82, 2.24) is 0 Å². The molecule has 1 aliphatic rings. The van der Waals surface area contributed by atoms with Gasteiger partial charge in [-0.25, -0.2) is 4.79 Å². The largest absolute Gasteiger partial charge is 0.465 e. The number of thioether (sulfide) groups is 1. The van der Waals surface area contributed by atoms with E-state index in [0.29, 0.717) is 10.6 Å². The lowest BCUT2D eigenvalue weighted by Gasteiger charge is -2.17. The van der Waals surface area contributed by atoms with Crippen molar-refractivity contribution in [3.05, 3.63) is 82.2 Å². The Morgan fingerprint density at radius 2 is 1.72 bits per heavy atom. The number of anilines is 1. The number of nitrogens with one attached hydrogen (secondary N) is 1. The maximum absolute atomic E-state index is 13.3. The van der Waals surface area contributed by atoms with Gasteiger partial charge >= 0.3 is 5.97 Å². The molecule has 0 bridgehead atoms. The van der Waals surface area contributed by atoms with Crippen LogP contribution in [0.1, 0.15) is 38.0 Å². The van der Waals surface area contributed by atoms with E-state index in [4.69, 9.17) is 4.74 Å². The second-order valence-electron chi connectivity index (χ2n) is 6.76. The van der Waals surface area contributed by atoms with Crippen LogP contribution in [0, 0.1) is 0 Å². The number of amides is 1. The van der Waals surface area contributed by atoms with Crippen molar-refractivity contribution < 1.29 is 14.3 Å². The number of fused-ring (bicyclic) bond motifs is 1. The fourth-order valence-corrected chi connectivity index (χ4v) is 5.85. The normalized spacial score (nSPS) is 13.6. The number of rotatable bonds is 6. The predicted octanol–water partition coefficient (Wildman–Crippen LogP) is 5.50. The molecule has 1 N–H and O–H groups in total. The molecule has 0 radical (unpaired) electrons. The monoisotopic (exact) mass is 423 g/mol. The minimum atomic E-state index is -0.430. The summed E-state index contributed by atoms with van der Waals surface area (Å²) in [4.78, 5) is 27.9. The van der Waals surface area contributed by atoms with Gasteiger partial charge in [-0.05, 0) is 42.5 Å². The summed E-state index contributed by atoms with van der Waals surface area (Å²) in [5.74, 6) is -0.526. The third-order valence-electron chi connectivity index (χ3n) is 4.89. The van der Waals surface area contributed by atoms with Crippen LogP contribution in [0.5, 0.6) is 0 Å². The van der Waals surface area contributed by atoms with E-state index < -0.39 is 5.25 Å². The first kappa shape index (κ1) is 19.7. The topological polar surface area (TPSA) is 55.4 Å². The highest BCUT2D eigenvalue weighted by molar-refractivity contribution is 8.00. The van der Waals surface area contributed by atoms with Gasteiger partial charge in [0.2, 0.25) is 5.91 Å². The molecule has 2 aromatic carbocycles. The van der Waals surface area contributed by atoms with Gasteiger partial charge in [0, 0.05) is 9.77 Å². The first-order valence-electron chi connectivity index (χ1n) is 9.47. The molecule has 0 aliphatic heterocycles. The van der Waals surface area contributed by atoms with Crippen molar-refractivity contribution in [2.45, 2.75) is 29.4 Å². The zero-order valence-electron chi connectivity index (χ0n) is 16.0. The molecular weight excluding hydrogens is 402 g/mol. The van der Waals surface area contributed by atoms with Crippen molar-refractivity contribution in [3.63, 3.8) is 0 Å². The molecule has 4 nitrogen and oxygen atoms in total. The molecule has 6 heteroatoms. The molecule has 1 aromatic heterocycles. The zero-order valence-corrected chi connectivity index (χ0v) is 17.6. The zero-order chi connectivity index (χ0) is 20.2. The Balaban J connectivity index is 1.65. The van der Waals surface area contributed by atoms with Crippen LogP contribution >= 0.6 is 23.1 Å². The van der Waals surface area contributed by atoms with Crippen LogP contribution < -0.4 is 5.32 Å². The number of esters is 1. The lowest BCUT2D eigenvalue weighted by molar-refractivity contribution is -0.115. The SMILES string of the molecule is COC(=O)c1c(NC(=O)[C@H](Sc2ccccc2)c2ccccc2)sc2c1CCC2. The first-order chi connectivity index (χ1) is 14.2. The molecule has 1 amide bonds. The van der Waals surface area contributed by atoms with Crippen molar-refractivity contribution >= 4 is 40.0 Å². The average Bonchev–Trinajstić information content (AvgIpc) is 3.33. The lowest BCUT2D eigenvalue weighted by Crippen LogP contribution is -2.20. The quantitative estimate of drug-likeness (QED) is 0.420. The Morgan fingerprint density at radius 1 is 1.03 bits per heavy atom. The molecule has 0 saturated heterocycles. The molecule has 4 rings (SSSR count). The van der Waals surface area contributed by atoms with E-state index in [0.717, 1.165) is 35.3 Å². The molecule has 0 unspecified atom stereocenters. The van der Waals surface area contributed by atoms with E-state index >= 15 is 0 Å². The Hall–Kier alpha value is -2.57. The molecule has 29 heavy (non-hydrogen) atoms. The molecule has 3 aromatic rings. The summed E-state index contributed by atoms with van der Waals surface area (Å²) in [6.07, 6.45) is 2.84. The minimum Gasteiger partial charge on any atom is -0.465 e. The highest BCUT2D eigenvalue weighted by Gasteiger charge is 2.30. The van der Waals surface area contributed by atoms with E-state index in [2.05, 4.69) is 5.32 Å². The first-order valence-corrected chi connectivity index (χ1v) is 11.2. The van der Waals surface area contributed by atoms with Crippen LogP contribution in [0.3, 0.4) is 0 Å². The number of hydrogen-bond donors (Lipinski definition) is 1. The van der Waals surface area contributed by atoms with Gasteiger partial charge in [0.25, 0.3) is 0 Å². The maximum Gasteiger partial charge on any atom is 0.341 e. The van der Waals surface area contributed by atoms with Gasteiger partial charge in [-0.3, -0.25) is 4.79 Å². The number of hydrogen-bond acceptors (Lipinski definition) is 5. The van der Waals surface area contributed by atoms with Gasteiger partial charge in [-0.2, -0.15) is 0 Å². The van der Waals surface area contributed by atoms with Crippen LogP contribution in [-0.4, -0.2) is 19.0 Å². The summed E-state index contributed by atoms with van der Waals surface area (Å²) < 4.78 is 4.99. The molecule has 1 atom stereocenters. The van der Waals surface area contributed by atoms with E-state index in [-0.39, 0.29) is 11.9 Å². The molecule has 0 saturated carbocycles.